The van der Waals surface area contributed by atoms with E-state index in [1.54, 1.807) is 11.0 Å². The summed E-state index contributed by atoms with van der Waals surface area (Å²) in [7, 11) is 3.62. The van der Waals surface area contributed by atoms with E-state index in [1.165, 1.54) is 0 Å². The molecule has 0 atom stereocenters. The molecule has 0 fully saturated rings. The van der Waals surface area contributed by atoms with Crippen molar-refractivity contribution in [1.29, 1.82) is 0 Å². The molecule has 0 aliphatic heterocycles. The Labute approximate surface area is 132 Å². The molecule has 0 spiro atoms. The van der Waals surface area contributed by atoms with Gasteiger partial charge in [-0.15, -0.1) is 0 Å². The van der Waals surface area contributed by atoms with Gasteiger partial charge in [-0.25, -0.2) is 0 Å². The van der Waals surface area contributed by atoms with Crippen molar-refractivity contribution in [3.8, 4) is 11.8 Å². The summed E-state index contributed by atoms with van der Waals surface area (Å²) in [4.78, 5) is 13.8. The van der Waals surface area contributed by atoms with E-state index >= 15 is 0 Å². The topological polar surface area (TPSA) is 51.1 Å². The van der Waals surface area contributed by atoms with Gasteiger partial charge in [-0.1, -0.05) is 15.9 Å². The number of anilines is 1. The molecule has 1 aromatic heterocycles. The maximum absolute atomic E-state index is 5.84. The predicted molar refractivity (Wildman–Crippen MR) is 81.1 cm³/mol. The first kappa shape index (κ1) is 14.5. The second kappa shape index (κ2) is 6.02. The van der Waals surface area contributed by atoms with Crippen LogP contribution >= 0.6 is 43.5 Å². The molecule has 0 radical (unpaired) electrons. The number of hydrogen-bond acceptors (Lipinski definition) is 5. The van der Waals surface area contributed by atoms with Crippen molar-refractivity contribution >= 4 is 49.4 Å². The number of nitrogens with zero attached hydrogens (tertiary/aromatic N) is 4. The minimum atomic E-state index is 0.0851. The highest BCUT2D eigenvalue weighted by molar-refractivity contribution is 9.11. The van der Waals surface area contributed by atoms with Crippen molar-refractivity contribution in [2.45, 2.75) is 0 Å². The Morgan fingerprint density at radius 1 is 1.16 bits per heavy atom. The lowest BCUT2D eigenvalue weighted by Crippen LogP contribution is -2.13. The molecule has 100 valence electrons. The first-order valence-corrected chi connectivity index (χ1v) is 7.14. The third-order valence-corrected chi connectivity index (χ3v) is 3.35. The molecule has 0 amide bonds. The number of hydrogen-bond donors (Lipinski definition) is 0. The molecule has 0 saturated heterocycles. The van der Waals surface area contributed by atoms with E-state index in [1.807, 2.05) is 26.2 Å². The van der Waals surface area contributed by atoms with Gasteiger partial charge in [0.1, 0.15) is 5.75 Å². The molecule has 1 aromatic carbocycles. The summed E-state index contributed by atoms with van der Waals surface area (Å²) in [5, 5.41) is 0.0851. The van der Waals surface area contributed by atoms with Crippen molar-refractivity contribution in [2.75, 3.05) is 19.0 Å². The molecular formula is C11H9Br2ClN4O. The van der Waals surface area contributed by atoms with Gasteiger partial charge in [-0.05, 0) is 45.7 Å². The van der Waals surface area contributed by atoms with E-state index in [0.29, 0.717) is 11.7 Å². The number of aromatic nitrogens is 3. The van der Waals surface area contributed by atoms with Gasteiger partial charge in [0.05, 0.1) is 4.47 Å². The lowest BCUT2D eigenvalue weighted by atomic mass is 10.3. The zero-order valence-corrected chi connectivity index (χ0v) is 14.0. The number of halogens is 3. The number of ether oxygens (including phenoxy) is 1. The molecule has 1 heterocycles. The third kappa shape index (κ3) is 3.77. The molecule has 0 N–H and O–H groups in total. The summed E-state index contributed by atoms with van der Waals surface area (Å²) in [5.74, 6) is 1.03. The van der Waals surface area contributed by atoms with Crippen LogP contribution in [0.3, 0.4) is 0 Å². The van der Waals surface area contributed by atoms with Crippen molar-refractivity contribution in [2.24, 2.45) is 0 Å². The van der Waals surface area contributed by atoms with Crippen LogP contribution in [0.25, 0.3) is 0 Å². The molecular weight excluding hydrogens is 399 g/mol. The Hall–Kier alpha value is -0.920. The highest BCUT2D eigenvalue weighted by Crippen LogP contribution is 2.31. The Kier molecular flexibility index (Phi) is 4.59. The van der Waals surface area contributed by atoms with Crippen LogP contribution in [0.4, 0.5) is 5.95 Å². The van der Waals surface area contributed by atoms with Crippen molar-refractivity contribution in [3.05, 3.63) is 32.4 Å². The first-order chi connectivity index (χ1) is 8.95. The van der Waals surface area contributed by atoms with E-state index in [4.69, 9.17) is 16.3 Å². The van der Waals surface area contributed by atoms with E-state index in [0.717, 1.165) is 8.95 Å². The van der Waals surface area contributed by atoms with Gasteiger partial charge in [-0.3, -0.25) is 0 Å². The van der Waals surface area contributed by atoms with Crippen LogP contribution in [0.1, 0.15) is 0 Å². The Balaban J connectivity index is 2.32. The monoisotopic (exact) mass is 406 g/mol. The van der Waals surface area contributed by atoms with Crippen LogP contribution < -0.4 is 9.64 Å². The smallest absolute Gasteiger partial charge is 0.328 e. The predicted octanol–water partition coefficient (Wildman–Crippen LogP) is 3.91. The second-order valence-corrected chi connectivity index (χ2v) is 5.87. The van der Waals surface area contributed by atoms with Gasteiger partial charge in [-0.2, -0.15) is 15.0 Å². The molecule has 0 aliphatic carbocycles. The Morgan fingerprint density at radius 3 is 2.53 bits per heavy atom. The Bertz CT molecular complexity index is 609. The maximum atomic E-state index is 5.84. The van der Waals surface area contributed by atoms with Gasteiger partial charge in [0.2, 0.25) is 11.2 Å². The van der Waals surface area contributed by atoms with Gasteiger partial charge in [0.15, 0.2) is 0 Å². The standard InChI is InChI=1S/C11H9Br2ClN4O/c1-18(2)10-15-9(14)16-11(17-10)19-8-4-3-6(12)5-7(8)13/h3-5H,1-2H3. The fraction of sp³-hybridized carbons (Fsp3) is 0.182. The van der Waals surface area contributed by atoms with Gasteiger partial charge in [0, 0.05) is 18.6 Å². The van der Waals surface area contributed by atoms with Crippen LogP contribution in [0.5, 0.6) is 11.8 Å². The van der Waals surface area contributed by atoms with Crippen LogP contribution in [-0.2, 0) is 0 Å². The average molecular weight is 408 g/mol. The van der Waals surface area contributed by atoms with Crippen molar-refractivity contribution < 1.29 is 4.74 Å². The molecule has 2 rings (SSSR count). The molecule has 0 bridgehead atoms. The molecule has 0 aliphatic rings. The first-order valence-electron chi connectivity index (χ1n) is 5.17. The molecule has 0 saturated carbocycles. The van der Waals surface area contributed by atoms with Gasteiger partial charge in [0.25, 0.3) is 0 Å². The zero-order chi connectivity index (χ0) is 14.0. The van der Waals surface area contributed by atoms with Crippen molar-refractivity contribution in [1.82, 2.24) is 15.0 Å². The molecule has 2 aromatic rings. The summed E-state index contributed by atoms with van der Waals surface area (Å²) in [5.41, 5.74) is 0. The fourth-order valence-corrected chi connectivity index (χ4v) is 2.50. The minimum absolute atomic E-state index is 0.0851. The van der Waals surface area contributed by atoms with Gasteiger partial charge >= 0.3 is 6.01 Å². The summed E-state index contributed by atoms with van der Waals surface area (Å²) >= 11 is 12.6. The fourth-order valence-electron chi connectivity index (χ4n) is 1.22. The Morgan fingerprint density at radius 2 is 1.89 bits per heavy atom. The molecule has 8 heteroatoms. The van der Waals surface area contributed by atoms with Crippen molar-refractivity contribution in [3.63, 3.8) is 0 Å². The van der Waals surface area contributed by atoms with Crippen LogP contribution in [0.2, 0.25) is 5.28 Å². The summed E-state index contributed by atoms with van der Waals surface area (Å²) in [6, 6.07) is 5.66. The molecule has 5 nitrogen and oxygen atoms in total. The van der Waals surface area contributed by atoms with E-state index < -0.39 is 0 Å². The number of benzene rings is 1. The van der Waals surface area contributed by atoms with Gasteiger partial charge < -0.3 is 9.64 Å². The average Bonchev–Trinajstić information content (AvgIpc) is 2.32. The lowest BCUT2D eigenvalue weighted by Gasteiger charge is -2.11. The van der Waals surface area contributed by atoms with Crippen LogP contribution in [-0.4, -0.2) is 29.0 Å². The highest BCUT2D eigenvalue weighted by Gasteiger charge is 2.10. The summed E-state index contributed by atoms with van der Waals surface area (Å²) in [6.07, 6.45) is 0. The largest absolute Gasteiger partial charge is 0.423 e. The van der Waals surface area contributed by atoms with Crippen LogP contribution in [0.15, 0.2) is 27.1 Å². The third-order valence-electron chi connectivity index (χ3n) is 2.07. The molecule has 19 heavy (non-hydrogen) atoms. The second-order valence-electron chi connectivity index (χ2n) is 3.76. The quantitative estimate of drug-likeness (QED) is 0.771. The van der Waals surface area contributed by atoms with E-state index in [2.05, 4.69) is 46.8 Å². The van der Waals surface area contributed by atoms with Crippen LogP contribution in [0, 0.1) is 0 Å². The summed E-state index contributed by atoms with van der Waals surface area (Å²) in [6.45, 7) is 0. The van der Waals surface area contributed by atoms with E-state index in [-0.39, 0.29) is 11.3 Å². The number of rotatable bonds is 3. The highest BCUT2D eigenvalue weighted by atomic mass is 79.9. The maximum Gasteiger partial charge on any atom is 0.328 e. The summed E-state index contributed by atoms with van der Waals surface area (Å²) < 4.78 is 7.32. The molecule has 0 unspecified atom stereocenters. The zero-order valence-electron chi connectivity index (χ0n) is 10.1. The van der Waals surface area contributed by atoms with E-state index in [9.17, 15) is 0 Å². The SMILES string of the molecule is CN(C)c1nc(Cl)nc(Oc2ccc(Br)cc2Br)n1. The lowest BCUT2D eigenvalue weighted by molar-refractivity contribution is 0.437. The normalized spacial score (nSPS) is 10.4. The minimum Gasteiger partial charge on any atom is -0.423 e.